The van der Waals surface area contributed by atoms with Gasteiger partial charge in [0.05, 0.1) is 29.3 Å². The number of benzene rings is 2. The zero-order chi connectivity index (χ0) is 23.5. The molecule has 0 radical (unpaired) electrons. The highest BCUT2D eigenvalue weighted by Gasteiger charge is 2.16. The van der Waals surface area contributed by atoms with E-state index in [4.69, 9.17) is 4.74 Å². The van der Waals surface area contributed by atoms with Gasteiger partial charge in [-0.3, -0.25) is 10.1 Å². The maximum absolute atomic E-state index is 10.9. The van der Waals surface area contributed by atoms with Crippen molar-refractivity contribution in [3.05, 3.63) is 91.0 Å². The number of rotatable bonds is 7. The first-order chi connectivity index (χ1) is 16.6. The molecule has 3 aromatic heterocycles. The Morgan fingerprint density at radius 1 is 0.912 bits per heavy atom. The van der Waals surface area contributed by atoms with Gasteiger partial charge in [-0.1, -0.05) is 24.3 Å². The molecule has 170 valence electrons. The molecule has 3 N–H and O–H groups in total. The largest absolute Gasteiger partial charge is 0.456 e. The third kappa shape index (κ3) is 4.53. The fourth-order valence-electron chi connectivity index (χ4n) is 3.64. The highest BCUT2D eigenvalue weighted by Crippen LogP contribution is 2.31. The van der Waals surface area contributed by atoms with Crippen molar-refractivity contribution in [2.75, 3.05) is 24.3 Å². The van der Waals surface area contributed by atoms with E-state index < -0.39 is 6.23 Å². The molecule has 2 aromatic carbocycles. The van der Waals surface area contributed by atoms with E-state index >= 15 is 0 Å². The molecule has 5 rings (SSSR count). The first kappa shape index (κ1) is 21.4. The summed E-state index contributed by atoms with van der Waals surface area (Å²) < 4.78 is 5.92. The molecule has 0 spiro atoms. The zero-order valence-corrected chi connectivity index (χ0v) is 18.8. The molecule has 3 heterocycles. The quantitative estimate of drug-likeness (QED) is 0.300. The van der Waals surface area contributed by atoms with Gasteiger partial charge in [-0.2, -0.15) is 5.10 Å². The van der Waals surface area contributed by atoms with E-state index in [1.807, 2.05) is 85.7 Å². The Hall–Kier alpha value is -4.43. The van der Waals surface area contributed by atoms with E-state index in [-0.39, 0.29) is 0 Å². The van der Waals surface area contributed by atoms with Crippen LogP contribution in [0.5, 0.6) is 11.5 Å². The van der Waals surface area contributed by atoms with Gasteiger partial charge in [0.25, 0.3) is 0 Å². The van der Waals surface area contributed by atoms with Crippen molar-refractivity contribution in [3.63, 3.8) is 0 Å². The number of hydrogen-bond acceptors (Lipinski definition) is 7. The number of pyridine rings is 2. The van der Waals surface area contributed by atoms with E-state index in [2.05, 4.69) is 25.5 Å². The minimum Gasteiger partial charge on any atom is -0.456 e. The van der Waals surface area contributed by atoms with Crippen LogP contribution in [0.1, 0.15) is 11.9 Å². The molecule has 34 heavy (non-hydrogen) atoms. The molecular formula is C26H24N6O2. The van der Waals surface area contributed by atoms with Gasteiger partial charge in [-0.15, -0.1) is 0 Å². The molecule has 0 fully saturated rings. The second kappa shape index (κ2) is 9.21. The molecule has 0 aliphatic heterocycles. The summed E-state index contributed by atoms with van der Waals surface area (Å²) in [7, 11) is 3.86. The molecule has 0 aliphatic carbocycles. The lowest BCUT2D eigenvalue weighted by Crippen LogP contribution is -2.13. The number of H-pyrrole nitrogens is 1. The van der Waals surface area contributed by atoms with Crippen LogP contribution in [-0.2, 0) is 0 Å². The average molecular weight is 453 g/mol. The van der Waals surface area contributed by atoms with Crippen LogP contribution in [0.3, 0.4) is 0 Å². The predicted molar refractivity (Wildman–Crippen MR) is 133 cm³/mol. The monoisotopic (exact) mass is 452 g/mol. The lowest BCUT2D eigenvalue weighted by molar-refractivity contribution is 0.204. The van der Waals surface area contributed by atoms with Crippen LogP contribution in [0.4, 0.5) is 11.5 Å². The molecule has 0 saturated carbocycles. The molecule has 1 atom stereocenters. The molecule has 0 bridgehead atoms. The Bertz CT molecular complexity index is 1400. The van der Waals surface area contributed by atoms with E-state index in [1.54, 1.807) is 18.6 Å². The minimum absolute atomic E-state index is 0.568. The number of aromatic nitrogens is 4. The van der Waals surface area contributed by atoms with E-state index in [0.29, 0.717) is 17.1 Å². The maximum atomic E-state index is 10.9. The smallest absolute Gasteiger partial charge is 0.168 e. The third-order valence-corrected chi connectivity index (χ3v) is 5.39. The van der Waals surface area contributed by atoms with Gasteiger partial charge in [-0.25, -0.2) is 4.98 Å². The van der Waals surface area contributed by atoms with Crippen molar-refractivity contribution >= 4 is 22.4 Å². The summed E-state index contributed by atoms with van der Waals surface area (Å²) in [6, 6.07) is 21.1. The van der Waals surface area contributed by atoms with Crippen LogP contribution in [0.15, 0.2) is 85.3 Å². The molecule has 0 aliphatic rings. The first-order valence-electron chi connectivity index (χ1n) is 10.8. The molecule has 5 aromatic rings. The van der Waals surface area contributed by atoms with Crippen LogP contribution in [0.2, 0.25) is 0 Å². The van der Waals surface area contributed by atoms with Crippen LogP contribution in [0.25, 0.3) is 22.0 Å². The number of fused-ring (bicyclic) bond motifs is 1. The second-order valence-electron chi connectivity index (χ2n) is 8.04. The van der Waals surface area contributed by atoms with Crippen molar-refractivity contribution in [3.8, 4) is 22.6 Å². The Morgan fingerprint density at radius 3 is 2.53 bits per heavy atom. The lowest BCUT2D eigenvalue weighted by Gasteiger charge is -2.15. The summed E-state index contributed by atoms with van der Waals surface area (Å²) in [6.45, 7) is 0. The Morgan fingerprint density at radius 2 is 1.76 bits per heavy atom. The van der Waals surface area contributed by atoms with Gasteiger partial charge in [0.15, 0.2) is 6.23 Å². The number of nitrogens with one attached hydrogen (secondary N) is 2. The fourth-order valence-corrected chi connectivity index (χ4v) is 3.64. The van der Waals surface area contributed by atoms with Crippen molar-refractivity contribution in [2.45, 2.75) is 6.23 Å². The van der Waals surface area contributed by atoms with Crippen molar-refractivity contribution in [1.29, 1.82) is 0 Å². The van der Waals surface area contributed by atoms with Crippen molar-refractivity contribution in [2.24, 2.45) is 0 Å². The molecule has 8 heteroatoms. The van der Waals surface area contributed by atoms with Gasteiger partial charge in [-0.05, 0) is 48.0 Å². The maximum Gasteiger partial charge on any atom is 0.168 e. The second-order valence-corrected chi connectivity index (χ2v) is 8.04. The SMILES string of the molecule is CN(C)c1ccc(NC(O)c2[nH]nc3ccc(-c4cncc(Oc5ccccc5)c4)cc23)cn1. The van der Waals surface area contributed by atoms with Crippen LogP contribution >= 0.6 is 0 Å². The van der Waals surface area contributed by atoms with Crippen molar-refractivity contribution in [1.82, 2.24) is 20.2 Å². The zero-order valence-electron chi connectivity index (χ0n) is 18.8. The van der Waals surface area contributed by atoms with E-state index in [0.717, 1.165) is 33.6 Å². The normalized spacial score (nSPS) is 11.9. The van der Waals surface area contributed by atoms with Gasteiger partial charge in [0.2, 0.25) is 0 Å². The number of aliphatic hydroxyl groups excluding tert-OH is 1. The lowest BCUT2D eigenvalue weighted by atomic mass is 10.0. The summed E-state index contributed by atoms with van der Waals surface area (Å²) in [4.78, 5) is 10.6. The third-order valence-electron chi connectivity index (χ3n) is 5.39. The van der Waals surface area contributed by atoms with E-state index in [9.17, 15) is 5.11 Å². The number of nitrogens with zero attached hydrogens (tertiary/aromatic N) is 4. The fraction of sp³-hybridized carbons (Fsp3) is 0.115. The average Bonchev–Trinajstić information content (AvgIpc) is 3.29. The Balaban J connectivity index is 1.40. The van der Waals surface area contributed by atoms with Gasteiger partial charge >= 0.3 is 0 Å². The van der Waals surface area contributed by atoms with Gasteiger partial charge in [0, 0.05) is 31.2 Å². The van der Waals surface area contributed by atoms with Gasteiger partial charge in [0.1, 0.15) is 17.3 Å². The number of aromatic amines is 1. The Kier molecular flexibility index (Phi) is 5.80. The highest BCUT2D eigenvalue weighted by molar-refractivity contribution is 5.87. The molecule has 0 saturated heterocycles. The summed E-state index contributed by atoms with van der Waals surface area (Å²) in [5, 5.41) is 22.0. The molecule has 8 nitrogen and oxygen atoms in total. The number of para-hydroxylation sites is 1. The van der Waals surface area contributed by atoms with Crippen LogP contribution in [0, 0.1) is 0 Å². The van der Waals surface area contributed by atoms with Crippen LogP contribution < -0.4 is 15.0 Å². The predicted octanol–water partition coefficient (Wildman–Crippen LogP) is 4.98. The van der Waals surface area contributed by atoms with Crippen molar-refractivity contribution < 1.29 is 9.84 Å². The summed E-state index contributed by atoms with van der Waals surface area (Å²) in [5.41, 5.74) is 3.86. The van der Waals surface area contributed by atoms with E-state index in [1.165, 1.54) is 0 Å². The summed E-state index contributed by atoms with van der Waals surface area (Å²) >= 11 is 0. The number of anilines is 2. The number of hydrogen-bond donors (Lipinski definition) is 3. The molecular weight excluding hydrogens is 428 g/mol. The molecule has 0 amide bonds. The minimum atomic E-state index is -0.988. The summed E-state index contributed by atoms with van der Waals surface area (Å²) in [6.07, 6.45) is 4.16. The highest BCUT2D eigenvalue weighted by atomic mass is 16.5. The molecule has 1 unspecified atom stereocenters. The Labute approximate surface area is 196 Å². The topological polar surface area (TPSA) is 99.2 Å². The first-order valence-corrected chi connectivity index (χ1v) is 10.8. The number of ether oxygens (including phenoxy) is 1. The van der Waals surface area contributed by atoms with Crippen LogP contribution in [-0.4, -0.2) is 39.4 Å². The van der Waals surface area contributed by atoms with Gasteiger partial charge < -0.3 is 20.1 Å². The number of aliphatic hydroxyl groups is 1. The summed E-state index contributed by atoms with van der Waals surface area (Å²) in [5.74, 6) is 2.23. The standard InChI is InChI=1S/C26H24N6O2/c1-32(2)24-11-9-19(15-28-24)29-26(33)25-22-13-17(8-10-23(22)30-31-25)18-12-21(16-27-14-18)34-20-6-4-3-5-7-20/h3-16,26,29,33H,1-2H3,(H,30,31).